The van der Waals surface area contributed by atoms with Gasteiger partial charge in [0.2, 0.25) is 15.9 Å². The van der Waals surface area contributed by atoms with Gasteiger partial charge >= 0.3 is 0 Å². The summed E-state index contributed by atoms with van der Waals surface area (Å²) in [6, 6.07) is 12.9. The lowest BCUT2D eigenvalue weighted by Crippen LogP contribution is -2.50. The van der Waals surface area contributed by atoms with Crippen LogP contribution < -0.4 is 5.32 Å². The fourth-order valence-corrected chi connectivity index (χ4v) is 4.72. The van der Waals surface area contributed by atoms with Crippen LogP contribution in [0.15, 0.2) is 53.4 Å². The maximum absolute atomic E-state index is 13.3. The van der Waals surface area contributed by atoms with Gasteiger partial charge in [0.15, 0.2) is 0 Å². The van der Waals surface area contributed by atoms with E-state index in [1.165, 1.54) is 16.4 Å². The van der Waals surface area contributed by atoms with Crippen LogP contribution >= 0.6 is 0 Å². The van der Waals surface area contributed by atoms with Gasteiger partial charge in [-0.05, 0) is 42.8 Å². The molecule has 1 saturated heterocycles. The molecule has 0 bridgehead atoms. The highest BCUT2D eigenvalue weighted by Gasteiger charge is 2.30. The number of hydrogen-bond acceptors (Lipinski definition) is 4. The number of carbonyl (C=O) groups is 1. The lowest BCUT2D eigenvalue weighted by Gasteiger charge is -2.33. The highest BCUT2D eigenvalue weighted by Crippen LogP contribution is 2.22. The molecule has 0 spiro atoms. The summed E-state index contributed by atoms with van der Waals surface area (Å²) in [5.74, 6) is -0.590. The fraction of sp³-hybridized carbons (Fsp3) is 0.316. The SMILES string of the molecule is Cc1cc(F)ccc1S(=O)(=O)N1CCN(CC(=O)Nc2ccccc2)CC1. The first-order valence-electron chi connectivity index (χ1n) is 8.70. The number of carbonyl (C=O) groups excluding carboxylic acids is 1. The van der Waals surface area contributed by atoms with E-state index in [0.717, 1.165) is 11.8 Å². The lowest BCUT2D eigenvalue weighted by molar-refractivity contribution is -0.117. The zero-order chi connectivity index (χ0) is 19.4. The van der Waals surface area contributed by atoms with Crippen LogP contribution in [0.4, 0.5) is 10.1 Å². The quantitative estimate of drug-likeness (QED) is 0.847. The lowest BCUT2D eigenvalue weighted by atomic mass is 10.2. The number of anilines is 1. The molecule has 1 aliphatic heterocycles. The fourth-order valence-electron chi connectivity index (χ4n) is 3.09. The number of nitrogens with one attached hydrogen (secondary N) is 1. The normalized spacial score (nSPS) is 16.2. The zero-order valence-corrected chi connectivity index (χ0v) is 15.9. The van der Waals surface area contributed by atoms with Crippen LogP contribution in [-0.2, 0) is 14.8 Å². The Morgan fingerprint density at radius 3 is 2.37 bits per heavy atom. The van der Waals surface area contributed by atoms with Crippen LogP contribution in [-0.4, -0.2) is 56.3 Å². The van der Waals surface area contributed by atoms with E-state index in [-0.39, 0.29) is 30.4 Å². The van der Waals surface area contributed by atoms with Crippen molar-refractivity contribution in [3.8, 4) is 0 Å². The molecular formula is C19H22FN3O3S. The number of hydrogen-bond donors (Lipinski definition) is 1. The molecule has 2 aromatic carbocycles. The number of rotatable bonds is 5. The van der Waals surface area contributed by atoms with Crippen LogP contribution in [0.3, 0.4) is 0 Å². The Morgan fingerprint density at radius 2 is 1.74 bits per heavy atom. The Morgan fingerprint density at radius 1 is 1.07 bits per heavy atom. The summed E-state index contributed by atoms with van der Waals surface area (Å²) in [5, 5.41) is 2.82. The molecule has 6 nitrogen and oxygen atoms in total. The number of halogens is 1. The maximum Gasteiger partial charge on any atom is 0.243 e. The monoisotopic (exact) mass is 391 g/mol. The molecule has 27 heavy (non-hydrogen) atoms. The third-order valence-electron chi connectivity index (χ3n) is 4.51. The van der Waals surface area contributed by atoms with Gasteiger partial charge in [0.1, 0.15) is 5.82 Å². The first-order valence-corrected chi connectivity index (χ1v) is 10.1. The van der Waals surface area contributed by atoms with Crippen molar-refractivity contribution in [3.05, 3.63) is 59.9 Å². The molecule has 0 aliphatic carbocycles. The second-order valence-electron chi connectivity index (χ2n) is 6.50. The van der Waals surface area contributed by atoms with E-state index in [4.69, 9.17) is 0 Å². The van der Waals surface area contributed by atoms with E-state index in [0.29, 0.717) is 18.7 Å². The molecule has 3 rings (SSSR count). The molecule has 144 valence electrons. The average Bonchev–Trinajstić information content (AvgIpc) is 2.62. The van der Waals surface area contributed by atoms with Crippen LogP contribution in [0.1, 0.15) is 5.56 Å². The number of nitrogens with zero attached hydrogens (tertiary/aromatic N) is 2. The standard InChI is InChI=1S/C19H22FN3O3S/c1-15-13-16(20)7-8-18(15)27(25,26)23-11-9-22(10-12-23)14-19(24)21-17-5-3-2-4-6-17/h2-8,13H,9-12,14H2,1H3,(H,21,24). The Kier molecular flexibility index (Phi) is 5.88. The predicted molar refractivity (Wildman–Crippen MR) is 101 cm³/mol. The molecular weight excluding hydrogens is 369 g/mol. The summed E-state index contributed by atoms with van der Waals surface area (Å²) in [5.41, 5.74) is 1.12. The van der Waals surface area contributed by atoms with E-state index < -0.39 is 15.8 Å². The molecule has 0 atom stereocenters. The van der Waals surface area contributed by atoms with Crippen molar-refractivity contribution < 1.29 is 17.6 Å². The van der Waals surface area contributed by atoms with Crippen molar-refractivity contribution in [2.75, 3.05) is 38.0 Å². The van der Waals surface area contributed by atoms with Gasteiger partial charge in [-0.15, -0.1) is 0 Å². The van der Waals surface area contributed by atoms with Gasteiger partial charge < -0.3 is 5.32 Å². The van der Waals surface area contributed by atoms with Crippen molar-refractivity contribution in [1.82, 2.24) is 9.21 Å². The third kappa shape index (κ3) is 4.71. The largest absolute Gasteiger partial charge is 0.325 e. The number of aryl methyl sites for hydroxylation is 1. The summed E-state index contributed by atoms with van der Waals surface area (Å²) in [6.45, 7) is 3.29. The summed E-state index contributed by atoms with van der Waals surface area (Å²) >= 11 is 0. The highest BCUT2D eigenvalue weighted by atomic mass is 32.2. The summed E-state index contributed by atoms with van der Waals surface area (Å²) in [7, 11) is -3.67. The summed E-state index contributed by atoms with van der Waals surface area (Å²) < 4.78 is 40.2. The number of piperazine rings is 1. The van der Waals surface area contributed by atoms with E-state index in [2.05, 4.69) is 5.32 Å². The van der Waals surface area contributed by atoms with Gasteiger partial charge in [0.25, 0.3) is 0 Å². The van der Waals surface area contributed by atoms with Crippen molar-refractivity contribution in [3.63, 3.8) is 0 Å². The molecule has 0 unspecified atom stereocenters. The van der Waals surface area contributed by atoms with Crippen LogP contribution in [0.2, 0.25) is 0 Å². The second kappa shape index (κ2) is 8.16. The highest BCUT2D eigenvalue weighted by molar-refractivity contribution is 7.89. The molecule has 1 heterocycles. The van der Waals surface area contributed by atoms with Gasteiger partial charge in [-0.1, -0.05) is 18.2 Å². The van der Waals surface area contributed by atoms with Gasteiger partial charge in [-0.2, -0.15) is 4.31 Å². The smallest absolute Gasteiger partial charge is 0.243 e. The molecule has 1 amide bonds. The van der Waals surface area contributed by atoms with E-state index in [1.54, 1.807) is 6.92 Å². The Hall–Kier alpha value is -2.29. The average molecular weight is 391 g/mol. The molecule has 0 radical (unpaired) electrons. The number of sulfonamides is 1. The number of amides is 1. The minimum atomic E-state index is -3.67. The van der Waals surface area contributed by atoms with Crippen molar-refractivity contribution in [2.24, 2.45) is 0 Å². The van der Waals surface area contributed by atoms with E-state index in [9.17, 15) is 17.6 Å². The first kappa shape index (κ1) is 19.5. The van der Waals surface area contributed by atoms with Gasteiger partial charge in [-0.3, -0.25) is 9.69 Å². The van der Waals surface area contributed by atoms with Crippen LogP contribution in [0.25, 0.3) is 0 Å². The maximum atomic E-state index is 13.3. The Bertz CT molecular complexity index is 911. The van der Waals surface area contributed by atoms with Crippen molar-refractivity contribution in [2.45, 2.75) is 11.8 Å². The summed E-state index contributed by atoms with van der Waals surface area (Å²) in [6.07, 6.45) is 0. The molecule has 1 fully saturated rings. The summed E-state index contributed by atoms with van der Waals surface area (Å²) in [4.78, 5) is 14.2. The van der Waals surface area contributed by atoms with E-state index in [1.807, 2.05) is 35.2 Å². The van der Waals surface area contributed by atoms with Crippen LogP contribution in [0, 0.1) is 12.7 Å². The van der Waals surface area contributed by atoms with Crippen LogP contribution in [0.5, 0.6) is 0 Å². The minimum absolute atomic E-state index is 0.124. The molecule has 1 N–H and O–H groups in total. The number of benzene rings is 2. The molecule has 0 aromatic heterocycles. The molecule has 1 aliphatic rings. The first-order chi connectivity index (χ1) is 12.9. The third-order valence-corrected chi connectivity index (χ3v) is 6.57. The van der Waals surface area contributed by atoms with Crippen molar-refractivity contribution in [1.29, 1.82) is 0 Å². The molecule has 8 heteroatoms. The zero-order valence-electron chi connectivity index (χ0n) is 15.1. The second-order valence-corrected chi connectivity index (χ2v) is 8.41. The minimum Gasteiger partial charge on any atom is -0.325 e. The molecule has 2 aromatic rings. The molecule has 0 saturated carbocycles. The Labute approximate surface area is 158 Å². The van der Waals surface area contributed by atoms with E-state index >= 15 is 0 Å². The van der Waals surface area contributed by atoms with Gasteiger partial charge in [0, 0.05) is 31.9 Å². The van der Waals surface area contributed by atoms with Crippen molar-refractivity contribution >= 4 is 21.6 Å². The topological polar surface area (TPSA) is 69.7 Å². The predicted octanol–water partition coefficient (Wildman–Crippen LogP) is 2.08. The van der Waals surface area contributed by atoms with Gasteiger partial charge in [0.05, 0.1) is 11.4 Å². The Balaban J connectivity index is 1.57. The number of para-hydroxylation sites is 1. The van der Waals surface area contributed by atoms with Gasteiger partial charge in [-0.25, -0.2) is 12.8 Å².